The van der Waals surface area contributed by atoms with Gasteiger partial charge in [0.25, 0.3) is 11.8 Å². The minimum atomic E-state index is -5.10. The number of hydrogen-bond donors (Lipinski definition) is 2. The van der Waals surface area contributed by atoms with E-state index < -0.39 is 59.6 Å². The molecule has 0 aliphatic carbocycles. The lowest BCUT2D eigenvalue weighted by molar-refractivity contribution is -0.274. The van der Waals surface area contributed by atoms with Gasteiger partial charge in [0.15, 0.2) is 11.5 Å². The summed E-state index contributed by atoms with van der Waals surface area (Å²) < 4.78 is 95.4. The van der Waals surface area contributed by atoms with Crippen LogP contribution in [0.25, 0.3) is 5.57 Å². The molecule has 0 fully saturated rings. The molecule has 1 aliphatic heterocycles. The summed E-state index contributed by atoms with van der Waals surface area (Å²) in [5.74, 6) is -5.47. The predicted molar refractivity (Wildman–Crippen MR) is 125 cm³/mol. The van der Waals surface area contributed by atoms with Gasteiger partial charge in [-0.3, -0.25) is 14.6 Å². The first-order valence-corrected chi connectivity index (χ1v) is 10.7. The molecule has 0 saturated heterocycles. The number of nitrogens with one attached hydrogen (secondary N) is 1. The minimum absolute atomic E-state index is 0.0280. The van der Waals surface area contributed by atoms with Crippen molar-refractivity contribution in [2.75, 3.05) is 19.0 Å². The van der Waals surface area contributed by atoms with Gasteiger partial charge in [-0.1, -0.05) is 0 Å². The molecule has 2 heterocycles. The average Bonchev–Trinajstić information content (AvgIpc) is 3.39. The number of aromatic nitrogens is 1. The Hall–Kier alpha value is -4.81. The van der Waals surface area contributed by atoms with E-state index in [1.165, 1.54) is 24.6 Å². The van der Waals surface area contributed by atoms with E-state index in [0.717, 1.165) is 24.3 Å². The number of primary amides is 1. The van der Waals surface area contributed by atoms with Crippen molar-refractivity contribution in [2.24, 2.45) is 5.73 Å². The molecule has 4 rings (SSSR count). The summed E-state index contributed by atoms with van der Waals surface area (Å²) in [7, 11) is -3.13. The van der Waals surface area contributed by atoms with E-state index in [0.29, 0.717) is 24.7 Å². The third kappa shape index (κ3) is 6.11. The number of benzene rings is 2. The molecule has 3 N–H and O–H groups in total. The first-order valence-electron chi connectivity index (χ1n) is 12.2. The van der Waals surface area contributed by atoms with Gasteiger partial charge in [-0.05, 0) is 47.5 Å². The monoisotopic (exact) mass is 536 g/mol. The molecule has 0 bridgehead atoms. The highest BCUT2D eigenvalue weighted by molar-refractivity contribution is 6.07. The number of halogens is 4. The number of hydrogen-bond acceptors (Lipinski definition) is 7. The molecule has 0 unspecified atom stereocenters. The van der Waals surface area contributed by atoms with Crippen LogP contribution in [-0.4, -0.2) is 36.8 Å². The lowest BCUT2D eigenvalue weighted by Gasteiger charge is -2.17. The number of anilines is 1. The maximum Gasteiger partial charge on any atom is 0.573 e. The molecule has 13 heteroatoms. The van der Waals surface area contributed by atoms with E-state index in [-0.39, 0.29) is 16.9 Å². The zero-order valence-corrected chi connectivity index (χ0v) is 19.1. The van der Waals surface area contributed by atoms with E-state index >= 15 is 4.39 Å². The number of carbonyl (C=O) groups is 2. The third-order valence-corrected chi connectivity index (χ3v) is 5.12. The zero-order chi connectivity index (χ0) is 29.9. The normalized spacial score (nSPS) is 14.3. The number of carbonyl (C=O) groups excluding carboxylic acids is 2. The second-order valence-electron chi connectivity index (χ2n) is 7.70. The molecule has 2 amide bonds. The van der Waals surface area contributed by atoms with Gasteiger partial charge in [-0.15, -0.1) is 13.2 Å². The molecule has 0 spiro atoms. The highest BCUT2D eigenvalue weighted by atomic mass is 19.4. The maximum absolute atomic E-state index is 15.5. The van der Waals surface area contributed by atoms with Crippen molar-refractivity contribution >= 4 is 23.1 Å². The maximum atomic E-state index is 15.5. The summed E-state index contributed by atoms with van der Waals surface area (Å²) in [4.78, 5) is 28.4. The van der Waals surface area contributed by atoms with Crippen molar-refractivity contribution in [3.63, 3.8) is 0 Å². The van der Waals surface area contributed by atoms with Crippen LogP contribution in [-0.2, 0) is 4.74 Å². The Balaban J connectivity index is 1.78. The van der Waals surface area contributed by atoms with E-state index in [4.69, 9.17) is 24.1 Å². The van der Waals surface area contributed by atoms with Crippen molar-refractivity contribution in [1.29, 1.82) is 0 Å². The molecule has 9 nitrogen and oxygen atoms in total. The van der Waals surface area contributed by atoms with Crippen LogP contribution in [0.15, 0.2) is 54.9 Å². The fraction of sp³-hybridized carbons (Fsp3) is 0.160. The highest BCUT2D eigenvalue weighted by Gasteiger charge is 2.31. The van der Waals surface area contributed by atoms with Crippen molar-refractivity contribution < 1.29 is 50.2 Å². The van der Waals surface area contributed by atoms with Crippen LogP contribution in [0.4, 0.5) is 23.2 Å². The van der Waals surface area contributed by atoms with E-state index in [2.05, 4.69) is 15.0 Å². The van der Waals surface area contributed by atoms with Gasteiger partial charge in [0.1, 0.15) is 28.6 Å². The number of pyridine rings is 1. The van der Waals surface area contributed by atoms with Gasteiger partial charge in [-0.25, -0.2) is 4.39 Å². The van der Waals surface area contributed by atoms with Gasteiger partial charge in [-0.2, -0.15) is 0 Å². The van der Waals surface area contributed by atoms with Crippen LogP contribution >= 0.6 is 0 Å². The summed E-state index contributed by atoms with van der Waals surface area (Å²) >= 11 is 0. The second-order valence-corrected chi connectivity index (χ2v) is 7.70. The zero-order valence-electron chi connectivity index (χ0n) is 22.1. The van der Waals surface area contributed by atoms with Gasteiger partial charge < -0.3 is 30.0 Å². The molecule has 3 aromatic rings. The smallest absolute Gasteiger partial charge is 0.501 e. The lowest BCUT2D eigenvalue weighted by Crippen LogP contribution is -2.17. The Morgan fingerprint density at radius 1 is 1.13 bits per heavy atom. The summed E-state index contributed by atoms with van der Waals surface area (Å²) in [5.41, 5.74) is 5.18. The predicted octanol–water partition coefficient (Wildman–Crippen LogP) is 5.03. The highest BCUT2D eigenvalue weighted by Crippen LogP contribution is 2.39. The molecule has 198 valence electrons. The first-order chi connectivity index (χ1) is 19.2. The molecule has 0 saturated carbocycles. The molecule has 1 aliphatic rings. The molecule has 2 aromatic carbocycles. The van der Waals surface area contributed by atoms with E-state index in [1.54, 1.807) is 0 Å². The number of nitrogens with two attached hydrogens (primary N) is 1. The molecular weight excluding hydrogens is 514 g/mol. The Morgan fingerprint density at radius 3 is 2.63 bits per heavy atom. The van der Waals surface area contributed by atoms with Crippen LogP contribution in [0.3, 0.4) is 0 Å². The van der Waals surface area contributed by atoms with Crippen molar-refractivity contribution in [1.82, 2.24) is 4.98 Å². The van der Waals surface area contributed by atoms with Crippen LogP contribution in [0, 0.1) is 5.82 Å². The fourth-order valence-electron chi connectivity index (χ4n) is 3.47. The Labute approximate surface area is 217 Å². The first kappa shape index (κ1) is 22.4. The Morgan fingerprint density at radius 2 is 1.95 bits per heavy atom. The van der Waals surface area contributed by atoms with Crippen molar-refractivity contribution in [3.05, 3.63) is 77.6 Å². The SMILES string of the molecule is [2H]C([2H])([2H])Oc1cc(OC(F)(F)F)ccc1Oc1cc(C2=COCC2)cc(F)c1C(=O)Nc1ccnc(C(N)=O)c1. The van der Waals surface area contributed by atoms with Crippen molar-refractivity contribution in [2.45, 2.75) is 12.8 Å². The largest absolute Gasteiger partial charge is 0.573 e. The minimum Gasteiger partial charge on any atom is -0.501 e. The third-order valence-electron chi connectivity index (χ3n) is 5.12. The van der Waals surface area contributed by atoms with Crippen LogP contribution in [0.1, 0.15) is 36.9 Å². The fourth-order valence-corrected chi connectivity index (χ4v) is 3.47. The number of nitrogens with zero attached hydrogens (tertiary/aromatic N) is 1. The Kier molecular flexibility index (Phi) is 6.28. The van der Waals surface area contributed by atoms with Gasteiger partial charge in [0, 0.05) is 24.4 Å². The number of amides is 2. The average molecular weight is 536 g/mol. The van der Waals surface area contributed by atoms with Crippen LogP contribution in [0.2, 0.25) is 0 Å². The molecular formula is C25H19F4N3O6. The van der Waals surface area contributed by atoms with Crippen LogP contribution < -0.4 is 25.3 Å². The number of alkyl halides is 3. The second kappa shape index (κ2) is 10.7. The summed E-state index contributed by atoms with van der Waals surface area (Å²) in [5, 5.41) is 2.38. The molecule has 38 heavy (non-hydrogen) atoms. The van der Waals surface area contributed by atoms with Gasteiger partial charge in [0.05, 0.1) is 24.0 Å². The lowest BCUT2D eigenvalue weighted by atomic mass is 10.0. The topological polar surface area (TPSA) is 122 Å². The number of ether oxygens (including phenoxy) is 4. The standard InChI is InChI=1S/C25H19F4N3O6/c1-35-20-11-16(38-25(27,28)29)2-3-19(20)37-21-9-14(13-5-7-36-12-13)8-17(26)22(21)24(34)32-15-4-6-31-18(10-15)23(30)33/h2-4,6,8-12H,5,7H2,1H3,(H2,30,33)(H,31,32,34)/i1D3. The van der Waals surface area contributed by atoms with E-state index in [1.807, 2.05) is 0 Å². The number of rotatable bonds is 8. The quantitative estimate of drug-likeness (QED) is 0.387. The summed E-state index contributed by atoms with van der Waals surface area (Å²) in [6, 6.07) is 7.09. The summed E-state index contributed by atoms with van der Waals surface area (Å²) in [6.07, 6.45) is -2.13. The molecule has 0 atom stereocenters. The molecule has 1 aromatic heterocycles. The Bertz CT molecular complexity index is 1530. The molecule has 0 radical (unpaired) electrons. The summed E-state index contributed by atoms with van der Waals surface area (Å²) in [6.45, 7) is 0.316. The van der Waals surface area contributed by atoms with E-state index in [9.17, 15) is 22.8 Å². The van der Waals surface area contributed by atoms with Crippen LogP contribution in [0.5, 0.6) is 23.0 Å². The van der Waals surface area contributed by atoms with Crippen molar-refractivity contribution in [3.8, 4) is 23.0 Å². The number of methoxy groups -OCH3 is 1. The van der Waals surface area contributed by atoms with Gasteiger partial charge >= 0.3 is 6.36 Å². The van der Waals surface area contributed by atoms with Gasteiger partial charge in [0.2, 0.25) is 0 Å².